The van der Waals surface area contributed by atoms with Crippen molar-refractivity contribution in [3.05, 3.63) is 71.3 Å². The van der Waals surface area contributed by atoms with Gasteiger partial charge >= 0.3 is 0 Å². The van der Waals surface area contributed by atoms with E-state index < -0.39 is 0 Å². The topological polar surface area (TPSA) is 20.3 Å². The highest BCUT2D eigenvalue weighted by molar-refractivity contribution is 5.98. The van der Waals surface area contributed by atoms with Gasteiger partial charge in [-0.2, -0.15) is 0 Å². The van der Waals surface area contributed by atoms with Crippen molar-refractivity contribution in [2.45, 2.75) is 51.2 Å². The molecule has 2 nitrogen and oxygen atoms in total. The van der Waals surface area contributed by atoms with Crippen molar-refractivity contribution in [2.24, 2.45) is 5.92 Å². The first kappa shape index (κ1) is 15.6. The van der Waals surface area contributed by atoms with E-state index in [0.29, 0.717) is 17.9 Å². The van der Waals surface area contributed by atoms with Crippen LogP contribution in [0.15, 0.2) is 54.6 Å². The lowest BCUT2D eigenvalue weighted by Crippen LogP contribution is -2.44. The van der Waals surface area contributed by atoms with Gasteiger partial charge in [-0.1, -0.05) is 54.1 Å². The number of carbonyl (C=O) groups is 1. The Kier molecular flexibility index (Phi) is 4.24. The summed E-state index contributed by atoms with van der Waals surface area (Å²) in [4.78, 5) is 15.6. The van der Waals surface area contributed by atoms with Gasteiger partial charge in [-0.05, 0) is 44.2 Å². The molecule has 0 spiro atoms. The fourth-order valence-electron chi connectivity index (χ4n) is 4.57. The second kappa shape index (κ2) is 6.52. The maximum Gasteiger partial charge on any atom is 0.166 e. The molecule has 2 fully saturated rings. The highest BCUT2D eigenvalue weighted by Crippen LogP contribution is 2.40. The van der Waals surface area contributed by atoms with Crippen LogP contribution >= 0.6 is 0 Å². The van der Waals surface area contributed by atoms with Crippen LogP contribution in [0.2, 0.25) is 0 Å². The summed E-state index contributed by atoms with van der Waals surface area (Å²) >= 11 is 0. The lowest BCUT2D eigenvalue weighted by atomic mass is 9.84. The van der Waals surface area contributed by atoms with E-state index >= 15 is 0 Å². The number of nitrogens with zero attached hydrogens (tertiary/aromatic N) is 1. The number of benzene rings is 2. The third kappa shape index (κ3) is 3.03. The summed E-state index contributed by atoms with van der Waals surface area (Å²) in [6.45, 7) is 3.09. The van der Waals surface area contributed by atoms with Crippen LogP contribution in [-0.4, -0.2) is 22.8 Å². The summed E-state index contributed by atoms with van der Waals surface area (Å²) in [6.07, 6.45) is 4.54. The lowest BCUT2D eigenvalue weighted by Gasteiger charge is -2.38. The minimum absolute atomic E-state index is 0.205. The highest BCUT2D eigenvalue weighted by atomic mass is 16.1. The van der Waals surface area contributed by atoms with Crippen molar-refractivity contribution in [3.8, 4) is 0 Å². The number of carbonyl (C=O) groups excluding carboxylic acids is 1. The fraction of sp³-hybridized carbons (Fsp3) is 0.409. The Balaban J connectivity index is 1.47. The number of hydrogen-bond donors (Lipinski definition) is 0. The van der Waals surface area contributed by atoms with Crippen LogP contribution in [0.4, 0.5) is 0 Å². The Labute approximate surface area is 144 Å². The Bertz CT molecular complexity index is 710. The number of hydrogen-bond acceptors (Lipinski definition) is 2. The van der Waals surface area contributed by atoms with Crippen LogP contribution in [0.5, 0.6) is 0 Å². The zero-order chi connectivity index (χ0) is 16.5. The molecule has 4 rings (SSSR count). The number of rotatable bonds is 4. The van der Waals surface area contributed by atoms with E-state index in [4.69, 9.17) is 0 Å². The number of piperidine rings is 1. The van der Waals surface area contributed by atoms with E-state index in [-0.39, 0.29) is 5.92 Å². The van der Waals surface area contributed by atoms with Crippen molar-refractivity contribution in [1.82, 2.24) is 4.90 Å². The molecule has 2 heteroatoms. The predicted octanol–water partition coefficient (Wildman–Crippen LogP) is 4.62. The van der Waals surface area contributed by atoms with E-state index in [2.05, 4.69) is 48.2 Å². The van der Waals surface area contributed by atoms with Crippen molar-refractivity contribution in [3.63, 3.8) is 0 Å². The molecule has 0 aliphatic carbocycles. The average molecular weight is 319 g/mol. The second-order valence-electron chi connectivity index (χ2n) is 7.44. The first-order valence-electron chi connectivity index (χ1n) is 9.11. The number of ketones is 1. The summed E-state index contributed by atoms with van der Waals surface area (Å²) in [6, 6.07) is 20.0. The van der Waals surface area contributed by atoms with E-state index in [1.807, 2.05) is 18.2 Å². The predicted molar refractivity (Wildman–Crippen MR) is 97.0 cm³/mol. The molecule has 124 valence electrons. The van der Waals surface area contributed by atoms with Crippen LogP contribution in [0.3, 0.4) is 0 Å². The molecule has 2 saturated heterocycles. The van der Waals surface area contributed by atoms with Gasteiger partial charge in [-0.3, -0.25) is 9.69 Å². The number of aryl methyl sites for hydroxylation is 1. The molecule has 2 aromatic rings. The van der Waals surface area contributed by atoms with Crippen molar-refractivity contribution in [2.75, 3.05) is 0 Å². The van der Waals surface area contributed by atoms with Crippen LogP contribution in [-0.2, 0) is 6.54 Å². The maximum atomic E-state index is 12.9. The molecule has 2 atom stereocenters. The van der Waals surface area contributed by atoms with E-state index in [1.54, 1.807) is 0 Å². The van der Waals surface area contributed by atoms with Gasteiger partial charge in [0.05, 0.1) is 0 Å². The molecule has 0 N–H and O–H groups in total. The zero-order valence-corrected chi connectivity index (χ0v) is 14.3. The smallest absolute Gasteiger partial charge is 0.166 e. The molecule has 2 aliphatic rings. The SMILES string of the molecule is Cc1cccc(C(=O)C2CC3CCC(C2)N3Cc2ccccc2)c1. The molecule has 2 bridgehead atoms. The van der Waals surface area contributed by atoms with Gasteiger partial charge in [0.25, 0.3) is 0 Å². The Morgan fingerprint density at radius 3 is 2.38 bits per heavy atom. The van der Waals surface area contributed by atoms with Gasteiger partial charge in [-0.15, -0.1) is 0 Å². The quantitative estimate of drug-likeness (QED) is 0.766. The first-order chi connectivity index (χ1) is 11.7. The normalized spacial score (nSPS) is 26.5. The van der Waals surface area contributed by atoms with E-state index in [1.165, 1.54) is 24.0 Å². The molecular formula is C22H25NO. The summed E-state index contributed by atoms with van der Waals surface area (Å²) in [5, 5.41) is 0. The van der Waals surface area contributed by atoms with Gasteiger partial charge in [0.15, 0.2) is 5.78 Å². The fourth-order valence-corrected chi connectivity index (χ4v) is 4.57. The van der Waals surface area contributed by atoms with Crippen molar-refractivity contribution < 1.29 is 4.79 Å². The van der Waals surface area contributed by atoms with Crippen LogP contribution in [0.1, 0.15) is 47.2 Å². The van der Waals surface area contributed by atoms with E-state index in [9.17, 15) is 4.79 Å². The van der Waals surface area contributed by atoms with Crippen molar-refractivity contribution in [1.29, 1.82) is 0 Å². The van der Waals surface area contributed by atoms with Gasteiger partial charge in [0, 0.05) is 30.1 Å². The Morgan fingerprint density at radius 1 is 1.00 bits per heavy atom. The highest BCUT2D eigenvalue weighted by Gasteiger charge is 2.42. The molecule has 0 saturated carbocycles. The zero-order valence-electron chi connectivity index (χ0n) is 14.3. The monoisotopic (exact) mass is 319 g/mol. The molecule has 2 aliphatic heterocycles. The van der Waals surface area contributed by atoms with Crippen molar-refractivity contribution >= 4 is 5.78 Å². The van der Waals surface area contributed by atoms with Gasteiger partial charge in [0.2, 0.25) is 0 Å². The Morgan fingerprint density at radius 2 is 1.71 bits per heavy atom. The maximum absolute atomic E-state index is 12.9. The molecule has 2 unspecified atom stereocenters. The summed E-state index contributed by atoms with van der Waals surface area (Å²) in [5.41, 5.74) is 3.46. The van der Waals surface area contributed by atoms with Crippen LogP contribution in [0.25, 0.3) is 0 Å². The average Bonchev–Trinajstić information content (AvgIpc) is 2.83. The van der Waals surface area contributed by atoms with Crippen LogP contribution < -0.4 is 0 Å². The van der Waals surface area contributed by atoms with E-state index in [0.717, 1.165) is 24.9 Å². The minimum Gasteiger partial charge on any atom is -0.294 e. The largest absolute Gasteiger partial charge is 0.294 e. The minimum atomic E-state index is 0.205. The third-order valence-electron chi connectivity index (χ3n) is 5.77. The Hall–Kier alpha value is -1.93. The summed E-state index contributed by atoms with van der Waals surface area (Å²) in [5.74, 6) is 0.561. The van der Waals surface area contributed by atoms with Gasteiger partial charge < -0.3 is 0 Å². The third-order valence-corrected chi connectivity index (χ3v) is 5.77. The molecule has 2 heterocycles. The number of Topliss-reactive ketones (excluding diaryl/α,β-unsaturated/α-hetero) is 1. The molecule has 24 heavy (non-hydrogen) atoms. The first-order valence-corrected chi connectivity index (χ1v) is 9.11. The number of fused-ring (bicyclic) bond motifs is 2. The van der Waals surface area contributed by atoms with Crippen LogP contribution in [0, 0.1) is 12.8 Å². The molecular weight excluding hydrogens is 294 g/mol. The summed E-state index contributed by atoms with van der Waals surface area (Å²) < 4.78 is 0. The second-order valence-corrected chi connectivity index (χ2v) is 7.44. The molecule has 2 aromatic carbocycles. The molecule has 0 amide bonds. The standard InChI is InChI=1S/C22H25NO/c1-16-6-5-9-18(12-16)22(24)19-13-20-10-11-21(14-19)23(20)15-17-7-3-2-4-8-17/h2-9,12,19-21H,10-11,13-15H2,1H3. The molecule has 0 radical (unpaired) electrons. The van der Waals surface area contributed by atoms with Gasteiger partial charge in [0.1, 0.15) is 0 Å². The molecule has 0 aromatic heterocycles. The van der Waals surface area contributed by atoms with Gasteiger partial charge in [-0.25, -0.2) is 0 Å². The lowest BCUT2D eigenvalue weighted by molar-refractivity contribution is 0.0678. The summed E-state index contributed by atoms with van der Waals surface area (Å²) in [7, 11) is 0.